The van der Waals surface area contributed by atoms with E-state index in [1.165, 1.54) is 4.90 Å². The van der Waals surface area contributed by atoms with Crippen LogP contribution >= 0.6 is 15.9 Å². The zero-order valence-electron chi connectivity index (χ0n) is 13.6. The predicted molar refractivity (Wildman–Crippen MR) is 97.4 cm³/mol. The summed E-state index contributed by atoms with van der Waals surface area (Å²) in [4.78, 5) is 26.5. The molecule has 3 rings (SSSR count). The maximum absolute atomic E-state index is 12.5. The summed E-state index contributed by atoms with van der Waals surface area (Å²) in [7, 11) is 0. The summed E-state index contributed by atoms with van der Waals surface area (Å²) in [6, 6.07) is 17.0. The maximum Gasteiger partial charge on any atom is 0.264 e. The largest absolute Gasteiger partial charge is 0.372 e. The smallest absolute Gasteiger partial charge is 0.264 e. The standard InChI is InChI=1S/C19H19BrN2O3/c20-16-8-4-7-15(11-16)12-21-17(23)19(25)9-10-22(18(19)24)13-14-5-2-1-3-6-14/h1-8,11,25H,9-10,12-13H2,(H,21,23)/t19-/m0/s1. The fourth-order valence-electron chi connectivity index (χ4n) is 2.91. The average molecular weight is 403 g/mol. The van der Waals surface area contributed by atoms with Crippen molar-refractivity contribution in [2.75, 3.05) is 6.54 Å². The summed E-state index contributed by atoms with van der Waals surface area (Å²) < 4.78 is 0.906. The van der Waals surface area contributed by atoms with Gasteiger partial charge in [-0.1, -0.05) is 58.4 Å². The number of amides is 2. The van der Waals surface area contributed by atoms with E-state index in [2.05, 4.69) is 21.2 Å². The lowest BCUT2D eigenvalue weighted by molar-refractivity contribution is -0.154. The van der Waals surface area contributed by atoms with Crippen LogP contribution in [0, 0.1) is 0 Å². The molecule has 6 heteroatoms. The molecule has 0 spiro atoms. The molecule has 2 aromatic carbocycles. The van der Waals surface area contributed by atoms with Crippen LogP contribution in [0.2, 0.25) is 0 Å². The highest BCUT2D eigenvalue weighted by molar-refractivity contribution is 9.10. The van der Waals surface area contributed by atoms with Gasteiger partial charge >= 0.3 is 0 Å². The third kappa shape index (κ3) is 3.91. The Bertz CT molecular complexity index is 781. The molecule has 1 heterocycles. The normalized spacial score (nSPS) is 19.9. The van der Waals surface area contributed by atoms with Gasteiger partial charge in [-0.3, -0.25) is 9.59 Å². The van der Waals surface area contributed by atoms with Gasteiger partial charge in [0.1, 0.15) is 0 Å². The highest BCUT2D eigenvalue weighted by Gasteiger charge is 2.51. The number of nitrogens with one attached hydrogen (secondary N) is 1. The van der Waals surface area contributed by atoms with Crippen LogP contribution in [0.3, 0.4) is 0 Å². The highest BCUT2D eigenvalue weighted by atomic mass is 79.9. The first-order valence-electron chi connectivity index (χ1n) is 8.07. The summed E-state index contributed by atoms with van der Waals surface area (Å²) in [6.45, 7) is 1.00. The lowest BCUT2D eigenvalue weighted by Gasteiger charge is -2.22. The summed E-state index contributed by atoms with van der Waals surface area (Å²) in [5.41, 5.74) is -0.131. The topological polar surface area (TPSA) is 69.6 Å². The Hall–Kier alpha value is -2.18. The fourth-order valence-corrected chi connectivity index (χ4v) is 3.35. The number of aliphatic hydroxyl groups is 1. The van der Waals surface area contributed by atoms with E-state index in [0.717, 1.165) is 15.6 Å². The number of rotatable bonds is 5. The second kappa shape index (κ2) is 7.37. The van der Waals surface area contributed by atoms with Crippen molar-refractivity contribution in [2.45, 2.75) is 25.1 Å². The van der Waals surface area contributed by atoms with Gasteiger partial charge < -0.3 is 15.3 Å². The molecule has 1 saturated heterocycles. The number of hydrogen-bond acceptors (Lipinski definition) is 3. The molecule has 0 aliphatic carbocycles. The zero-order chi connectivity index (χ0) is 17.9. The number of carbonyl (C=O) groups excluding carboxylic acids is 2. The highest BCUT2D eigenvalue weighted by Crippen LogP contribution is 2.25. The molecular formula is C19H19BrN2O3. The molecule has 0 bridgehead atoms. The number of hydrogen-bond donors (Lipinski definition) is 2. The van der Waals surface area contributed by atoms with Crippen LogP contribution in [0.25, 0.3) is 0 Å². The summed E-state index contributed by atoms with van der Waals surface area (Å²) >= 11 is 3.37. The van der Waals surface area contributed by atoms with E-state index in [1.54, 1.807) is 0 Å². The van der Waals surface area contributed by atoms with Crippen molar-refractivity contribution in [1.29, 1.82) is 0 Å². The summed E-state index contributed by atoms with van der Waals surface area (Å²) in [5.74, 6) is -1.18. The SMILES string of the molecule is O=C(NCc1cccc(Br)c1)[C@@]1(O)CCN(Cc2ccccc2)C1=O. The van der Waals surface area contributed by atoms with E-state index in [-0.39, 0.29) is 13.0 Å². The molecule has 1 fully saturated rings. The van der Waals surface area contributed by atoms with Crippen molar-refractivity contribution in [2.24, 2.45) is 0 Å². The Morgan fingerprint density at radius 2 is 1.88 bits per heavy atom. The van der Waals surface area contributed by atoms with Crippen molar-refractivity contribution in [3.63, 3.8) is 0 Å². The molecule has 5 nitrogen and oxygen atoms in total. The Kier molecular flexibility index (Phi) is 5.20. The quantitative estimate of drug-likeness (QED) is 0.753. The van der Waals surface area contributed by atoms with E-state index < -0.39 is 17.4 Å². The molecule has 2 aromatic rings. The molecule has 25 heavy (non-hydrogen) atoms. The van der Waals surface area contributed by atoms with E-state index in [4.69, 9.17) is 0 Å². The van der Waals surface area contributed by atoms with Crippen LogP contribution in [0.1, 0.15) is 17.5 Å². The first-order chi connectivity index (χ1) is 12.0. The van der Waals surface area contributed by atoms with E-state index in [0.29, 0.717) is 13.1 Å². The van der Waals surface area contributed by atoms with Gasteiger partial charge in [-0.2, -0.15) is 0 Å². The molecule has 1 aliphatic heterocycles. The van der Waals surface area contributed by atoms with Crippen LogP contribution in [0.4, 0.5) is 0 Å². The molecule has 2 N–H and O–H groups in total. The molecular weight excluding hydrogens is 384 g/mol. The summed E-state index contributed by atoms with van der Waals surface area (Å²) in [6.07, 6.45) is 0.100. The Balaban J connectivity index is 1.63. The lowest BCUT2D eigenvalue weighted by atomic mass is 10.0. The van der Waals surface area contributed by atoms with Crippen molar-refractivity contribution < 1.29 is 14.7 Å². The van der Waals surface area contributed by atoms with Gasteiger partial charge in [0, 0.05) is 30.5 Å². The molecule has 2 amide bonds. The maximum atomic E-state index is 12.5. The molecule has 0 unspecified atom stereocenters. The lowest BCUT2D eigenvalue weighted by Crippen LogP contribution is -2.52. The fraction of sp³-hybridized carbons (Fsp3) is 0.263. The van der Waals surface area contributed by atoms with E-state index >= 15 is 0 Å². The summed E-state index contributed by atoms with van der Waals surface area (Å²) in [5, 5.41) is 13.3. The van der Waals surface area contributed by atoms with Crippen molar-refractivity contribution >= 4 is 27.7 Å². The van der Waals surface area contributed by atoms with Crippen LogP contribution in [-0.4, -0.2) is 34.0 Å². The van der Waals surface area contributed by atoms with Crippen LogP contribution in [0.15, 0.2) is 59.1 Å². The molecule has 0 saturated carbocycles. The molecule has 1 atom stereocenters. The van der Waals surface area contributed by atoms with Gasteiger partial charge in [-0.15, -0.1) is 0 Å². The van der Waals surface area contributed by atoms with Gasteiger partial charge in [-0.25, -0.2) is 0 Å². The van der Waals surface area contributed by atoms with Gasteiger partial charge in [0.15, 0.2) is 0 Å². The average Bonchev–Trinajstić information content (AvgIpc) is 2.90. The molecule has 0 radical (unpaired) electrons. The minimum atomic E-state index is -1.99. The second-order valence-corrected chi connectivity index (χ2v) is 7.05. The molecule has 130 valence electrons. The third-order valence-electron chi connectivity index (χ3n) is 4.32. The van der Waals surface area contributed by atoms with Crippen molar-refractivity contribution in [1.82, 2.24) is 10.2 Å². The third-order valence-corrected chi connectivity index (χ3v) is 4.81. The number of nitrogens with zero attached hydrogens (tertiary/aromatic N) is 1. The van der Waals surface area contributed by atoms with Crippen LogP contribution in [0.5, 0.6) is 0 Å². The zero-order valence-corrected chi connectivity index (χ0v) is 15.2. The molecule has 0 aromatic heterocycles. The minimum absolute atomic E-state index is 0.100. The van der Waals surface area contributed by atoms with Gasteiger partial charge in [0.25, 0.3) is 11.8 Å². The van der Waals surface area contributed by atoms with Crippen LogP contribution < -0.4 is 5.32 Å². The van der Waals surface area contributed by atoms with E-state index in [1.807, 2.05) is 54.6 Å². The Morgan fingerprint density at radius 3 is 2.60 bits per heavy atom. The Labute approximate surface area is 154 Å². The first kappa shape index (κ1) is 17.6. The second-order valence-electron chi connectivity index (χ2n) is 6.14. The van der Waals surface area contributed by atoms with E-state index in [9.17, 15) is 14.7 Å². The van der Waals surface area contributed by atoms with Crippen molar-refractivity contribution in [3.8, 4) is 0 Å². The van der Waals surface area contributed by atoms with Gasteiger partial charge in [0.2, 0.25) is 5.60 Å². The van der Waals surface area contributed by atoms with Crippen LogP contribution in [-0.2, 0) is 22.7 Å². The number of halogens is 1. The van der Waals surface area contributed by atoms with Gasteiger partial charge in [0.05, 0.1) is 0 Å². The van der Waals surface area contributed by atoms with Crippen molar-refractivity contribution in [3.05, 3.63) is 70.2 Å². The first-order valence-corrected chi connectivity index (χ1v) is 8.87. The number of likely N-dealkylation sites (tertiary alicyclic amines) is 1. The number of carbonyl (C=O) groups is 2. The monoisotopic (exact) mass is 402 g/mol. The predicted octanol–water partition coefficient (Wildman–Crippen LogP) is 2.23. The molecule has 1 aliphatic rings. The number of benzene rings is 2. The minimum Gasteiger partial charge on any atom is -0.372 e. The Morgan fingerprint density at radius 1 is 1.16 bits per heavy atom. The van der Waals surface area contributed by atoms with Gasteiger partial charge in [-0.05, 0) is 23.3 Å².